The van der Waals surface area contributed by atoms with Gasteiger partial charge in [0.1, 0.15) is 41.6 Å². The van der Waals surface area contributed by atoms with Gasteiger partial charge >= 0.3 is 18.0 Å². The van der Waals surface area contributed by atoms with Crippen molar-refractivity contribution < 1.29 is 48.4 Å². The first-order valence-corrected chi connectivity index (χ1v) is 25.8. The van der Waals surface area contributed by atoms with Crippen LogP contribution in [0.5, 0.6) is 5.75 Å². The van der Waals surface area contributed by atoms with Gasteiger partial charge in [0, 0.05) is 24.2 Å². The first-order valence-electron chi connectivity index (χ1n) is 25.8. The zero-order valence-electron chi connectivity index (χ0n) is 41.5. The Bertz CT molecular complexity index is 2690. The van der Waals surface area contributed by atoms with Gasteiger partial charge in [-0.2, -0.15) is 0 Å². The summed E-state index contributed by atoms with van der Waals surface area (Å²) in [5.41, 5.74) is -0.681. The van der Waals surface area contributed by atoms with Crippen LogP contribution in [0.3, 0.4) is 0 Å². The topological polar surface area (TPSA) is 175 Å². The van der Waals surface area contributed by atoms with Crippen LogP contribution >= 0.6 is 0 Å². The number of carbonyl (C=O) groups excluding carboxylic acids is 5. The fourth-order valence-corrected chi connectivity index (χ4v) is 12.0. The lowest BCUT2D eigenvalue weighted by molar-refractivity contribution is -0.179. The van der Waals surface area contributed by atoms with Gasteiger partial charge in [-0.05, 0) is 85.4 Å². The Balaban J connectivity index is 1.38. The number of cyclic esters (lactones) is 1. The molecule has 4 aromatic rings. The van der Waals surface area contributed by atoms with Gasteiger partial charge in [0.2, 0.25) is 11.8 Å². The largest absolute Gasteiger partial charge is 0.491 e. The number of hydrogen-bond acceptors (Lipinski definition) is 11. The number of nitrogens with one attached hydrogen (secondary N) is 1. The number of aliphatic hydroxyl groups is 2. The van der Waals surface area contributed by atoms with E-state index in [2.05, 4.69) is 17.2 Å². The maximum absolute atomic E-state index is 16.9. The third-order valence-corrected chi connectivity index (χ3v) is 15.4. The molecule has 14 heteroatoms. The fourth-order valence-electron chi connectivity index (χ4n) is 12.0. The summed E-state index contributed by atoms with van der Waals surface area (Å²) in [7, 11) is 1.23. The number of aliphatic hydroxyl groups excluding tert-OH is 1. The Morgan fingerprint density at radius 1 is 0.806 bits per heavy atom. The van der Waals surface area contributed by atoms with E-state index in [-0.39, 0.29) is 24.5 Å². The third kappa shape index (κ3) is 9.38. The molecular formula is C58H66N4O10. The number of rotatable bonds is 10. The van der Waals surface area contributed by atoms with Gasteiger partial charge in [0.15, 0.2) is 0 Å². The predicted molar refractivity (Wildman–Crippen MR) is 269 cm³/mol. The average molecular weight is 979 g/mol. The van der Waals surface area contributed by atoms with Crippen LogP contribution in [0, 0.1) is 23.7 Å². The molecule has 4 amide bonds. The van der Waals surface area contributed by atoms with E-state index in [1.54, 1.807) is 55.1 Å². The van der Waals surface area contributed by atoms with Crippen molar-refractivity contribution in [2.45, 2.75) is 126 Å². The lowest BCUT2D eigenvalue weighted by atomic mass is 9.64. The van der Waals surface area contributed by atoms with Gasteiger partial charge in [-0.3, -0.25) is 19.3 Å². The molecule has 1 aliphatic carbocycles. The first-order chi connectivity index (χ1) is 34.9. The van der Waals surface area contributed by atoms with Crippen molar-refractivity contribution in [3.63, 3.8) is 0 Å². The van der Waals surface area contributed by atoms with Crippen molar-refractivity contribution in [3.8, 4) is 17.6 Å². The van der Waals surface area contributed by atoms with Crippen LogP contribution in [0.4, 0.5) is 10.5 Å². The first kappa shape index (κ1) is 50.4. The van der Waals surface area contributed by atoms with Crippen LogP contribution < -0.4 is 15.0 Å². The highest BCUT2D eigenvalue weighted by Gasteiger charge is 2.76. The van der Waals surface area contributed by atoms with Gasteiger partial charge < -0.3 is 34.6 Å². The number of likely N-dealkylation sites (tertiary alicyclic amines) is 1. The normalized spacial score (nSPS) is 25.4. The highest BCUT2D eigenvalue weighted by atomic mass is 16.6. The maximum atomic E-state index is 16.9. The van der Waals surface area contributed by atoms with Gasteiger partial charge in [0.25, 0.3) is 0 Å². The van der Waals surface area contributed by atoms with Crippen LogP contribution in [0.2, 0.25) is 0 Å². The standard InChI is InChI=1S/C58H66N4O10/c1-38(2)47(53(65)70-3)59-56(68)61-44-28-27-39(29-32-57(69)30-17-5-6-18-31-57)37-43(44)58(55(61)67)46(52(64)60-33-19-7-4-8-20-34-60)49-54(66)72-50(41-23-13-10-14-24-41)48(40-21-11-9-12-22-40)62(49)51(58)42-25-15-16-26-45(42)71-36-35-63/h9-16,21-28,37-38,46-51,63,69H,4-8,17-20,30-31,33-36H2,1-3H3,(H,59,68)/t46-,47-,48-,49-,50+,51+,58-/m0/s1. The van der Waals surface area contributed by atoms with Crippen LogP contribution in [-0.2, 0) is 34.1 Å². The van der Waals surface area contributed by atoms with Crippen LogP contribution in [0.25, 0.3) is 0 Å². The van der Waals surface area contributed by atoms with E-state index in [9.17, 15) is 15.0 Å². The number of methoxy groups -OCH3 is 1. The minimum atomic E-state index is -2.11. The second-order valence-corrected chi connectivity index (χ2v) is 20.2. The summed E-state index contributed by atoms with van der Waals surface area (Å²) in [5.74, 6) is 2.10. The molecular weight excluding hydrogens is 913 g/mol. The number of esters is 2. The summed E-state index contributed by atoms with van der Waals surface area (Å²) in [6.07, 6.45) is 7.90. The van der Waals surface area contributed by atoms with Gasteiger partial charge in [0.05, 0.1) is 37.4 Å². The molecule has 7 atom stereocenters. The lowest BCUT2D eigenvalue weighted by Crippen LogP contribution is -2.58. The predicted octanol–water partition coefficient (Wildman–Crippen LogP) is 7.86. The highest BCUT2D eigenvalue weighted by Crippen LogP contribution is 2.67. The number of morpholine rings is 1. The monoisotopic (exact) mass is 978 g/mol. The second kappa shape index (κ2) is 21.7. The Labute approximate surface area is 422 Å². The van der Waals surface area contributed by atoms with E-state index < -0.39 is 82.9 Å². The van der Waals surface area contributed by atoms with E-state index in [0.29, 0.717) is 61.2 Å². The van der Waals surface area contributed by atoms with Crippen LogP contribution in [-0.4, -0.2) is 101 Å². The molecule has 378 valence electrons. The molecule has 14 nitrogen and oxygen atoms in total. The number of nitrogens with zero attached hydrogens (tertiary/aromatic N) is 3. The highest BCUT2D eigenvalue weighted by molar-refractivity contribution is 6.25. The van der Waals surface area contributed by atoms with Crippen molar-refractivity contribution >= 4 is 35.5 Å². The minimum Gasteiger partial charge on any atom is -0.491 e. The molecule has 0 radical (unpaired) electrons. The van der Waals surface area contributed by atoms with Crippen LogP contribution in [0.15, 0.2) is 103 Å². The smallest absolute Gasteiger partial charge is 0.329 e. The van der Waals surface area contributed by atoms with E-state index in [1.165, 1.54) is 7.11 Å². The molecule has 72 heavy (non-hydrogen) atoms. The number of hydrogen-bond donors (Lipinski definition) is 3. The van der Waals surface area contributed by atoms with Gasteiger partial charge in [-0.1, -0.05) is 137 Å². The maximum Gasteiger partial charge on any atom is 0.329 e. The van der Waals surface area contributed by atoms with Crippen molar-refractivity contribution in [3.05, 3.63) is 131 Å². The summed E-state index contributed by atoms with van der Waals surface area (Å²) in [5, 5.41) is 24.8. The molecule has 3 N–H and O–H groups in total. The van der Waals surface area contributed by atoms with E-state index in [1.807, 2.05) is 71.6 Å². The quantitative estimate of drug-likeness (QED) is 0.0802. The fraction of sp³-hybridized carbons (Fsp3) is 0.466. The molecule has 4 aliphatic heterocycles. The van der Waals surface area contributed by atoms with E-state index in [0.717, 1.165) is 55.4 Å². The van der Waals surface area contributed by atoms with Crippen molar-refractivity contribution in [1.82, 2.24) is 15.1 Å². The summed E-state index contributed by atoms with van der Waals surface area (Å²) in [6, 6.07) is 25.6. The molecule has 4 heterocycles. The summed E-state index contributed by atoms with van der Waals surface area (Å²) >= 11 is 0. The summed E-state index contributed by atoms with van der Waals surface area (Å²) < 4.78 is 18.2. The zero-order chi connectivity index (χ0) is 50.6. The molecule has 1 saturated carbocycles. The van der Waals surface area contributed by atoms with Crippen molar-refractivity contribution in [2.75, 3.05) is 38.3 Å². The molecule has 5 aliphatic rings. The van der Waals surface area contributed by atoms with Crippen molar-refractivity contribution in [2.24, 2.45) is 11.8 Å². The number of fused-ring (bicyclic) bond motifs is 3. The number of urea groups is 1. The van der Waals surface area contributed by atoms with Crippen molar-refractivity contribution in [1.29, 1.82) is 0 Å². The Morgan fingerprint density at radius 2 is 1.43 bits per heavy atom. The number of carbonyl (C=O) groups is 5. The number of ether oxygens (including phenoxy) is 3. The Hall–Kier alpha value is -6.53. The summed E-state index contributed by atoms with van der Waals surface area (Å²) in [6.45, 7) is 3.82. The number of anilines is 1. The zero-order valence-corrected chi connectivity index (χ0v) is 41.5. The number of benzene rings is 4. The SMILES string of the molecule is COC(=O)[C@@H](NC(=O)N1C(=O)[C@@]2(c3cc(C#CC4(O)CCCCCC4)ccc31)[C@H](C(=O)N1CCCCCCC1)[C@H]1C(=O)O[C@H](c3ccccc3)[C@H](c3ccccc3)N1[C@@H]2c1ccccc1OCCO)C(C)C. The Kier molecular flexibility index (Phi) is 15.2. The Morgan fingerprint density at radius 3 is 2.08 bits per heavy atom. The second-order valence-electron chi connectivity index (χ2n) is 20.2. The summed E-state index contributed by atoms with van der Waals surface area (Å²) in [4.78, 5) is 82.4. The molecule has 9 rings (SSSR count). The molecule has 0 aromatic heterocycles. The molecule has 0 unspecified atom stereocenters. The minimum absolute atomic E-state index is 0.112. The third-order valence-electron chi connectivity index (χ3n) is 15.4. The van der Waals surface area contributed by atoms with Crippen LogP contribution in [0.1, 0.15) is 130 Å². The molecule has 3 saturated heterocycles. The lowest BCUT2D eigenvalue weighted by Gasteiger charge is -2.46. The number of para-hydroxylation sites is 1. The molecule has 0 bridgehead atoms. The number of amides is 4. The molecule has 1 spiro atoms. The van der Waals surface area contributed by atoms with Gasteiger partial charge in [-0.25, -0.2) is 14.5 Å². The molecule has 4 aromatic carbocycles. The number of imide groups is 1. The average Bonchev–Trinajstić information content (AvgIpc) is 3.71. The van der Waals surface area contributed by atoms with E-state index >= 15 is 19.2 Å². The molecule has 4 fully saturated rings. The van der Waals surface area contributed by atoms with E-state index in [4.69, 9.17) is 14.2 Å². The van der Waals surface area contributed by atoms with Gasteiger partial charge in [-0.15, -0.1) is 0 Å².